The van der Waals surface area contributed by atoms with Gasteiger partial charge in [-0.2, -0.15) is 4.31 Å². The van der Waals surface area contributed by atoms with E-state index >= 15 is 0 Å². The summed E-state index contributed by atoms with van der Waals surface area (Å²) in [6, 6.07) is 6.08. The van der Waals surface area contributed by atoms with Gasteiger partial charge in [0.05, 0.1) is 4.90 Å². The van der Waals surface area contributed by atoms with Gasteiger partial charge >= 0.3 is 5.97 Å². The van der Waals surface area contributed by atoms with Crippen molar-refractivity contribution in [3.05, 3.63) is 40.8 Å². The van der Waals surface area contributed by atoms with Crippen molar-refractivity contribution in [2.75, 3.05) is 13.1 Å². The number of nitrogens with zero attached hydrogens (tertiary/aromatic N) is 2. The number of hydrogen-bond acceptors (Lipinski definition) is 6. The van der Waals surface area contributed by atoms with Gasteiger partial charge in [0.1, 0.15) is 0 Å². The van der Waals surface area contributed by atoms with Crippen LogP contribution in [0.3, 0.4) is 0 Å². The van der Waals surface area contributed by atoms with Gasteiger partial charge in [0.25, 0.3) is 5.56 Å². The van der Waals surface area contributed by atoms with Gasteiger partial charge in [-0.1, -0.05) is 64.4 Å². The normalized spacial score (nSPS) is 16.7. The van der Waals surface area contributed by atoms with E-state index in [4.69, 9.17) is 10.5 Å². The number of pyridine rings is 1. The first-order valence-corrected chi connectivity index (χ1v) is 14.3. The van der Waals surface area contributed by atoms with E-state index in [9.17, 15) is 18.0 Å². The summed E-state index contributed by atoms with van der Waals surface area (Å²) in [5.74, 6) is -0.332. The molecule has 2 heterocycles. The minimum absolute atomic E-state index is 0.0932. The van der Waals surface area contributed by atoms with E-state index in [0.29, 0.717) is 24.8 Å². The summed E-state index contributed by atoms with van der Waals surface area (Å²) in [4.78, 5) is 25.2. The number of nitrogens with two attached hydrogens (primary N) is 1. The van der Waals surface area contributed by atoms with E-state index in [1.54, 1.807) is 18.2 Å². The zero-order valence-electron chi connectivity index (χ0n) is 20.8. The molecular formula is C26H39N3O5S. The van der Waals surface area contributed by atoms with Crippen LogP contribution >= 0.6 is 0 Å². The number of benzene rings is 1. The standard InChI is InChI=1S/C26H39N3O5S/c1-2-3-4-5-6-7-8-9-10-14-25(30)34-20-28-17-16-22-23(26(28)31)12-11-13-24(22)35(32,33)29-18-15-21(27)19-29/h11-13,16-17,21H,2-10,14-15,18-20,27H2,1H3/t21-/m1/s1. The topological polar surface area (TPSA) is 112 Å². The molecule has 1 aromatic carbocycles. The average Bonchev–Trinajstić information content (AvgIpc) is 3.29. The monoisotopic (exact) mass is 505 g/mol. The second kappa shape index (κ2) is 13.2. The van der Waals surface area contributed by atoms with E-state index < -0.39 is 15.6 Å². The lowest BCUT2D eigenvalue weighted by Crippen LogP contribution is -2.32. The molecule has 0 bridgehead atoms. The lowest BCUT2D eigenvalue weighted by atomic mass is 10.1. The van der Waals surface area contributed by atoms with Crippen molar-refractivity contribution in [2.24, 2.45) is 5.73 Å². The maximum atomic E-state index is 13.1. The molecule has 1 aliphatic heterocycles. The second-order valence-electron chi connectivity index (χ2n) is 9.44. The van der Waals surface area contributed by atoms with Gasteiger partial charge in [-0.15, -0.1) is 0 Å². The van der Waals surface area contributed by atoms with E-state index in [1.165, 1.54) is 59.7 Å². The zero-order chi connectivity index (χ0) is 25.3. The van der Waals surface area contributed by atoms with E-state index in [-0.39, 0.29) is 35.6 Å². The van der Waals surface area contributed by atoms with Gasteiger partial charge < -0.3 is 10.5 Å². The van der Waals surface area contributed by atoms with Crippen molar-refractivity contribution >= 4 is 26.8 Å². The highest BCUT2D eigenvalue weighted by Gasteiger charge is 2.32. The van der Waals surface area contributed by atoms with Crippen LogP contribution in [0.15, 0.2) is 40.2 Å². The first-order chi connectivity index (χ1) is 16.8. The van der Waals surface area contributed by atoms with E-state index in [1.807, 2.05) is 0 Å². The molecule has 0 saturated carbocycles. The van der Waals surface area contributed by atoms with Crippen LogP contribution in [0.5, 0.6) is 0 Å². The van der Waals surface area contributed by atoms with Crippen LogP contribution in [-0.4, -0.2) is 42.4 Å². The quantitative estimate of drug-likeness (QED) is 0.305. The molecule has 0 unspecified atom stereocenters. The molecule has 3 rings (SSSR count). The number of hydrogen-bond donors (Lipinski definition) is 1. The van der Waals surface area contributed by atoms with Crippen LogP contribution in [0.2, 0.25) is 0 Å². The number of carbonyl (C=O) groups is 1. The molecule has 35 heavy (non-hydrogen) atoms. The molecule has 0 amide bonds. The van der Waals surface area contributed by atoms with Crippen molar-refractivity contribution in [1.29, 1.82) is 0 Å². The average molecular weight is 506 g/mol. The first-order valence-electron chi connectivity index (χ1n) is 12.9. The Labute approximate surface area is 208 Å². The molecule has 0 radical (unpaired) electrons. The van der Waals surface area contributed by atoms with Crippen molar-refractivity contribution in [1.82, 2.24) is 8.87 Å². The summed E-state index contributed by atoms with van der Waals surface area (Å²) in [5, 5.41) is 0.627. The number of carbonyl (C=O) groups excluding carboxylic acids is 1. The molecule has 1 atom stereocenters. The number of unbranched alkanes of at least 4 members (excludes halogenated alkanes) is 8. The minimum atomic E-state index is -3.76. The molecule has 2 N–H and O–H groups in total. The summed E-state index contributed by atoms with van der Waals surface area (Å²) in [5.41, 5.74) is 5.49. The smallest absolute Gasteiger partial charge is 0.307 e. The fraction of sp³-hybridized carbons (Fsp3) is 0.615. The van der Waals surface area contributed by atoms with Gasteiger partial charge in [-0.25, -0.2) is 8.42 Å². The number of rotatable bonds is 14. The number of ether oxygens (including phenoxy) is 1. The van der Waals surface area contributed by atoms with Crippen molar-refractivity contribution in [3.8, 4) is 0 Å². The third-order valence-electron chi connectivity index (χ3n) is 6.63. The highest BCUT2D eigenvalue weighted by Crippen LogP contribution is 2.26. The van der Waals surface area contributed by atoms with Crippen molar-refractivity contribution in [2.45, 2.75) is 95.2 Å². The molecule has 1 aromatic heterocycles. The Balaban J connectivity index is 1.53. The van der Waals surface area contributed by atoms with Crippen molar-refractivity contribution < 1.29 is 17.9 Å². The molecule has 9 heteroatoms. The first kappa shape index (κ1) is 27.4. The van der Waals surface area contributed by atoms with Crippen LogP contribution in [0.25, 0.3) is 10.8 Å². The van der Waals surface area contributed by atoms with Gasteiger partial charge in [-0.05, 0) is 31.0 Å². The van der Waals surface area contributed by atoms with Crippen LogP contribution in [-0.2, 0) is 26.3 Å². The van der Waals surface area contributed by atoms with Crippen LogP contribution in [0, 0.1) is 0 Å². The van der Waals surface area contributed by atoms with Gasteiger partial charge in [0, 0.05) is 42.5 Å². The molecule has 194 valence electrons. The maximum absolute atomic E-state index is 13.1. The third kappa shape index (κ3) is 7.38. The predicted octanol–water partition coefficient (Wildman–Crippen LogP) is 4.14. The lowest BCUT2D eigenvalue weighted by Gasteiger charge is -2.17. The molecule has 1 saturated heterocycles. The van der Waals surface area contributed by atoms with E-state index in [0.717, 1.165) is 19.3 Å². The Hall–Kier alpha value is -2.23. The Morgan fingerprint density at radius 3 is 2.37 bits per heavy atom. The highest BCUT2D eigenvalue weighted by molar-refractivity contribution is 7.89. The summed E-state index contributed by atoms with van der Waals surface area (Å²) >= 11 is 0. The highest BCUT2D eigenvalue weighted by atomic mass is 32.2. The SMILES string of the molecule is CCCCCCCCCCCC(=O)OCn1ccc2c(S(=O)(=O)N3CC[C@@H](N)C3)cccc2c1=O. The zero-order valence-corrected chi connectivity index (χ0v) is 21.6. The lowest BCUT2D eigenvalue weighted by molar-refractivity contribution is -0.147. The molecule has 8 nitrogen and oxygen atoms in total. The second-order valence-corrected chi connectivity index (χ2v) is 11.4. The molecule has 2 aromatic rings. The number of fused-ring (bicyclic) bond motifs is 1. The number of esters is 1. The molecule has 1 aliphatic rings. The van der Waals surface area contributed by atoms with Gasteiger partial charge in [0.15, 0.2) is 6.73 Å². The summed E-state index contributed by atoms with van der Waals surface area (Å²) in [7, 11) is -3.76. The fourth-order valence-electron chi connectivity index (χ4n) is 4.52. The molecule has 1 fully saturated rings. The Morgan fingerprint density at radius 1 is 1.03 bits per heavy atom. The van der Waals surface area contributed by atoms with Crippen molar-refractivity contribution in [3.63, 3.8) is 0 Å². The minimum Gasteiger partial charge on any atom is -0.444 e. The third-order valence-corrected chi connectivity index (χ3v) is 8.56. The maximum Gasteiger partial charge on any atom is 0.307 e. The Morgan fingerprint density at radius 2 is 1.71 bits per heavy atom. The molecular weight excluding hydrogens is 466 g/mol. The Bertz CT molecular complexity index is 1150. The summed E-state index contributed by atoms with van der Waals surface area (Å²) in [6.07, 6.45) is 12.9. The van der Waals surface area contributed by atoms with Crippen LogP contribution in [0.1, 0.15) is 77.6 Å². The number of sulfonamides is 1. The molecule has 0 spiro atoms. The van der Waals surface area contributed by atoms with Crippen LogP contribution < -0.4 is 11.3 Å². The van der Waals surface area contributed by atoms with Gasteiger partial charge in [0.2, 0.25) is 10.0 Å². The van der Waals surface area contributed by atoms with Gasteiger partial charge in [-0.3, -0.25) is 14.2 Å². The van der Waals surface area contributed by atoms with E-state index in [2.05, 4.69) is 6.92 Å². The summed E-state index contributed by atoms with van der Waals surface area (Å²) in [6.45, 7) is 2.66. The fourth-order valence-corrected chi connectivity index (χ4v) is 6.24. The Kier molecular flexibility index (Phi) is 10.3. The summed E-state index contributed by atoms with van der Waals surface area (Å²) < 4.78 is 34.2. The largest absolute Gasteiger partial charge is 0.444 e. The molecule has 0 aliphatic carbocycles. The van der Waals surface area contributed by atoms with Crippen LogP contribution in [0.4, 0.5) is 0 Å². The predicted molar refractivity (Wildman–Crippen MR) is 137 cm³/mol. The number of aromatic nitrogens is 1.